The van der Waals surface area contributed by atoms with Crippen LogP contribution in [0, 0.1) is 5.92 Å². The predicted octanol–water partition coefficient (Wildman–Crippen LogP) is 2.45. The van der Waals surface area contributed by atoms with E-state index in [1.807, 2.05) is 6.07 Å². The Balaban J connectivity index is 2.03. The van der Waals surface area contributed by atoms with Gasteiger partial charge in [0, 0.05) is 12.4 Å². The molecule has 0 spiro atoms. The lowest BCUT2D eigenvalue weighted by Gasteiger charge is -2.20. The average molecular weight is 205 g/mol. The normalized spacial score (nSPS) is 20.9. The Labute approximate surface area is 91.1 Å². The standard InChI is InChI=1S/C12H19N3/c13-11(12-14-8-5-9-15-12)10-6-3-1-2-4-7-10/h5,8-11H,1-4,6-7,13H2. The third-order valence-corrected chi connectivity index (χ3v) is 3.29. The lowest BCUT2D eigenvalue weighted by Crippen LogP contribution is -2.23. The number of nitrogens with two attached hydrogens (primary N) is 1. The van der Waals surface area contributed by atoms with Gasteiger partial charge < -0.3 is 5.73 Å². The van der Waals surface area contributed by atoms with E-state index >= 15 is 0 Å². The van der Waals surface area contributed by atoms with Gasteiger partial charge in [-0.25, -0.2) is 9.97 Å². The molecule has 0 bridgehead atoms. The van der Waals surface area contributed by atoms with Crippen molar-refractivity contribution in [1.82, 2.24) is 9.97 Å². The van der Waals surface area contributed by atoms with Crippen molar-refractivity contribution in [2.75, 3.05) is 0 Å². The van der Waals surface area contributed by atoms with Crippen LogP contribution < -0.4 is 5.73 Å². The van der Waals surface area contributed by atoms with Crippen molar-refractivity contribution in [3.8, 4) is 0 Å². The van der Waals surface area contributed by atoms with Gasteiger partial charge in [0.25, 0.3) is 0 Å². The van der Waals surface area contributed by atoms with Gasteiger partial charge in [0.05, 0.1) is 6.04 Å². The summed E-state index contributed by atoms with van der Waals surface area (Å²) in [6.45, 7) is 0. The molecule has 82 valence electrons. The van der Waals surface area contributed by atoms with Crippen LogP contribution in [-0.2, 0) is 0 Å². The van der Waals surface area contributed by atoms with Crippen molar-refractivity contribution in [3.63, 3.8) is 0 Å². The fraction of sp³-hybridized carbons (Fsp3) is 0.667. The molecule has 3 heteroatoms. The summed E-state index contributed by atoms with van der Waals surface area (Å²) in [5.74, 6) is 1.39. The number of nitrogens with zero attached hydrogens (tertiary/aromatic N) is 2. The molecule has 3 nitrogen and oxygen atoms in total. The highest BCUT2D eigenvalue weighted by Gasteiger charge is 2.22. The summed E-state index contributed by atoms with van der Waals surface area (Å²) in [6, 6.07) is 1.87. The van der Waals surface area contributed by atoms with Gasteiger partial charge in [0.2, 0.25) is 0 Å². The van der Waals surface area contributed by atoms with Gasteiger partial charge >= 0.3 is 0 Å². The quantitative estimate of drug-likeness (QED) is 0.754. The molecule has 0 aromatic carbocycles. The maximum atomic E-state index is 6.21. The lowest BCUT2D eigenvalue weighted by molar-refractivity contribution is 0.370. The lowest BCUT2D eigenvalue weighted by atomic mass is 9.92. The molecular weight excluding hydrogens is 186 g/mol. The molecule has 15 heavy (non-hydrogen) atoms. The van der Waals surface area contributed by atoms with E-state index in [4.69, 9.17) is 5.73 Å². The van der Waals surface area contributed by atoms with Crippen LogP contribution in [0.4, 0.5) is 0 Å². The first-order valence-electron chi connectivity index (χ1n) is 5.90. The van der Waals surface area contributed by atoms with E-state index in [9.17, 15) is 0 Å². The summed E-state index contributed by atoms with van der Waals surface area (Å²) in [5, 5.41) is 0. The second-order valence-corrected chi connectivity index (χ2v) is 4.38. The van der Waals surface area contributed by atoms with Crippen LogP contribution in [0.1, 0.15) is 50.4 Å². The first-order chi connectivity index (χ1) is 7.38. The third-order valence-electron chi connectivity index (χ3n) is 3.29. The van der Waals surface area contributed by atoms with E-state index in [0.717, 1.165) is 5.82 Å². The molecule has 0 aliphatic heterocycles. The number of aromatic nitrogens is 2. The summed E-state index contributed by atoms with van der Waals surface area (Å²) in [7, 11) is 0. The minimum atomic E-state index is 0.0318. The molecular formula is C12H19N3. The Hall–Kier alpha value is -0.960. The van der Waals surface area contributed by atoms with Crippen molar-refractivity contribution < 1.29 is 0 Å². The van der Waals surface area contributed by atoms with Crippen LogP contribution >= 0.6 is 0 Å². The zero-order valence-electron chi connectivity index (χ0n) is 9.10. The number of hydrogen-bond donors (Lipinski definition) is 1. The van der Waals surface area contributed by atoms with E-state index in [1.54, 1.807) is 12.4 Å². The van der Waals surface area contributed by atoms with Gasteiger partial charge in [-0.15, -0.1) is 0 Å². The highest BCUT2D eigenvalue weighted by atomic mass is 14.9. The van der Waals surface area contributed by atoms with Gasteiger partial charge in [-0.2, -0.15) is 0 Å². The minimum Gasteiger partial charge on any atom is -0.321 e. The summed E-state index contributed by atoms with van der Waals surface area (Å²) in [4.78, 5) is 8.50. The van der Waals surface area contributed by atoms with E-state index in [2.05, 4.69) is 9.97 Å². The smallest absolute Gasteiger partial charge is 0.145 e. The molecule has 1 heterocycles. The van der Waals surface area contributed by atoms with E-state index in [0.29, 0.717) is 5.92 Å². The first-order valence-corrected chi connectivity index (χ1v) is 5.90. The summed E-state index contributed by atoms with van der Waals surface area (Å²) in [5.41, 5.74) is 6.21. The highest BCUT2D eigenvalue weighted by molar-refractivity contribution is 4.97. The second kappa shape index (κ2) is 5.21. The van der Waals surface area contributed by atoms with E-state index in [1.165, 1.54) is 38.5 Å². The fourth-order valence-electron chi connectivity index (χ4n) is 2.36. The third kappa shape index (κ3) is 2.75. The van der Waals surface area contributed by atoms with Crippen molar-refractivity contribution in [3.05, 3.63) is 24.3 Å². The second-order valence-electron chi connectivity index (χ2n) is 4.38. The van der Waals surface area contributed by atoms with Gasteiger partial charge in [-0.3, -0.25) is 0 Å². The molecule has 0 amide bonds. The molecule has 1 atom stereocenters. The summed E-state index contributed by atoms with van der Waals surface area (Å²) in [6.07, 6.45) is 11.4. The van der Waals surface area contributed by atoms with Crippen LogP contribution in [0.3, 0.4) is 0 Å². The van der Waals surface area contributed by atoms with Crippen LogP contribution in [0.5, 0.6) is 0 Å². The molecule has 1 aromatic heterocycles. The van der Waals surface area contributed by atoms with Gasteiger partial charge in [0.1, 0.15) is 5.82 Å². The molecule has 1 unspecified atom stereocenters. The van der Waals surface area contributed by atoms with Crippen molar-refractivity contribution in [1.29, 1.82) is 0 Å². The van der Waals surface area contributed by atoms with Crippen molar-refractivity contribution >= 4 is 0 Å². The average Bonchev–Trinajstić information content (AvgIpc) is 2.58. The largest absolute Gasteiger partial charge is 0.321 e. The van der Waals surface area contributed by atoms with Crippen LogP contribution in [-0.4, -0.2) is 9.97 Å². The Morgan fingerprint density at radius 3 is 2.27 bits per heavy atom. The molecule has 1 aliphatic carbocycles. The highest BCUT2D eigenvalue weighted by Crippen LogP contribution is 2.30. The molecule has 1 fully saturated rings. The zero-order chi connectivity index (χ0) is 10.5. The van der Waals surface area contributed by atoms with Crippen LogP contribution in [0.25, 0.3) is 0 Å². The molecule has 1 aliphatic rings. The molecule has 0 radical (unpaired) electrons. The zero-order valence-corrected chi connectivity index (χ0v) is 9.10. The molecule has 2 N–H and O–H groups in total. The maximum absolute atomic E-state index is 6.21. The van der Waals surface area contributed by atoms with E-state index in [-0.39, 0.29) is 6.04 Å². The van der Waals surface area contributed by atoms with Crippen molar-refractivity contribution in [2.45, 2.75) is 44.6 Å². The maximum Gasteiger partial charge on any atom is 0.145 e. The van der Waals surface area contributed by atoms with Crippen LogP contribution in [0.2, 0.25) is 0 Å². The Kier molecular flexibility index (Phi) is 3.67. The first kappa shape index (κ1) is 10.6. The fourth-order valence-corrected chi connectivity index (χ4v) is 2.36. The van der Waals surface area contributed by atoms with Gasteiger partial charge in [-0.05, 0) is 24.8 Å². The Bertz CT molecular complexity index is 278. The Morgan fingerprint density at radius 2 is 1.67 bits per heavy atom. The number of rotatable bonds is 2. The minimum absolute atomic E-state index is 0.0318. The summed E-state index contributed by atoms with van der Waals surface area (Å²) < 4.78 is 0. The van der Waals surface area contributed by atoms with E-state index < -0.39 is 0 Å². The monoisotopic (exact) mass is 205 g/mol. The molecule has 1 saturated carbocycles. The van der Waals surface area contributed by atoms with Crippen LogP contribution in [0.15, 0.2) is 18.5 Å². The van der Waals surface area contributed by atoms with Gasteiger partial charge in [-0.1, -0.05) is 25.7 Å². The molecule has 2 rings (SSSR count). The predicted molar refractivity (Wildman–Crippen MR) is 60.2 cm³/mol. The molecule has 0 saturated heterocycles. The Morgan fingerprint density at radius 1 is 1.07 bits per heavy atom. The topological polar surface area (TPSA) is 51.8 Å². The summed E-state index contributed by atoms with van der Waals surface area (Å²) >= 11 is 0. The SMILES string of the molecule is NC(c1ncccn1)C1CCCCCC1. The van der Waals surface area contributed by atoms with Gasteiger partial charge in [0.15, 0.2) is 0 Å². The van der Waals surface area contributed by atoms with Crippen molar-refractivity contribution in [2.24, 2.45) is 11.7 Å². The molecule has 1 aromatic rings. The number of hydrogen-bond acceptors (Lipinski definition) is 3.